The monoisotopic (exact) mass is 351 g/mol. The van der Waals surface area contributed by atoms with Crippen LogP contribution in [0.4, 0.5) is 5.69 Å². The summed E-state index contributed by atoms with van der Waals surface area (Å²) in [6, 6.07) is 5.92. The maximum absolute atomic E-state index is 13.2. The van der Waals surface area contributed by atoms with Gasteiger partial charge in [-0.25, -0.2) is 0 Å². The summed E-state index contributed by atoms with van der Waals surface area (Å²) in [4.78, 5) is 13.2. The van der Waals surface area contributed by atoms with E-state index in [9.17, 15) is 4.79 Å². The van der Waals surface area contributed by atoms with Gasteiger partial charge in [-0.05, 0) is 86.5 Å². The van der Waals surface area contributed by atoms with Gasteiger partial charge in [0.05, 0.1) is 5.41 Å². The van der Waals surface area contributed by atoms with Crippen LogP contribution in [0.1, 0.15) is 44.1 Å². The van der Waals surface area contributed by atoms with Crippen molar-refractivity contribution in [2.75, 3.05) is 11.9 Å². The van der Waals surface area contributed by atoms with E-state index in [0.29, 0.717) is 13.0 Å². The molecule has 4 bridgehead atoms. The summed E-state index contributed by atoms with van der Waals surface area (Å²) in [5, 5.41) is 3.23. The first kappa shape index (κ1) is 17.4. The topological polar surface area (TPSA) is 38.3 Å². The number of anilines is 1. The Morgan fingerprint density at radius 1 is 1.12 bits per heavy atom. The minimum atomic E-state index is -0.120. The first-order valence-corrected chi connectivity index (χ1v) is 9.91. The molecule has 1 aromatic carbocycles. The summed E-state index contributed by atoms with van der Waals surface area (Å²) in [5.74, 6) is 3.40. The van der Waals surface area contributed by atoms with Gasteiger partial charge in [-0.15, -0.1) is 6.58 Å². The van der Waals surface area contributed by atoms with E-state index in [4.69, 9.17) is 4.74 Å². The lowest BCUT2D eigenvalue weighted by atomic mass is 9.49. The van der Waals surface area contributed by atoms with E-state index < -0.39 is 0 Å². The standard InChI is InChI=1S/C23H29NO2/c1-3-5-19-12-20(6-7-21(19)26-8-4-2)24-22(25)23-13-16-9-17(14-23)11-18(10-16)15-23/h3-4,6-7,12,16-18H,1-2,5,8-11,13-15H2,(H,24,25). The molecule has 26 heavy (non-hydrogen) atoms. The molecule has 0 atom stereocenters. The van der Waals surface area contributed by atoms with Gasteiger partial charge in [0.2, 0.25) is 5.91 Å². The predicted molar refractivity (Wildman–Crippen MR) is 105 cm³/mol. The molecule has 5 rings (SSSR count). The number of amides is 1. The number of benzene rings is 1. The van der Waals surface area contributed by atoms with Crippen molar-refractivity contribution in [3.63, 3.8) is 0 Å². The molecule has 4 fully saturated rings. The maximum atomic E-state index is 13.2. The molecule has 0 heterocycles. The summed E-state index contributed by atoms with van der Waals surface area (Å²) in [5.41, 5.74) is 1.80. The molecule has 3 heteroatoms. The van der Waals surface area contributed by atoms with Crippen molar-refractivity contribution in [2.24, 2.45) is 23.2 Å². The van der Waals surface area contributed by atoms with Gasteiger partial charge in [0.15, 0.2) is 0 Å². The van der Waals surface area contributed by atoms with Crippen LogP contribution in [-0.4, -0.2) is 12.5 Å². The average Bonchev–Trinajstić information content (AvgIpc) is 2.60. The number of allylic oxidation sites excluding steroid dienone is 1. The van der Waals surface area contributed by atoms with Crippen molar-refractivity contribution >= 4 is 11.6 Å². The van der Waals surface area contributed by atoms with Crippen molar-refractivity contribution in [3.05, 3.63) is 49.1 Å². The molecule has 138 valence electrons. The molecule has 0 spiro atoms. The van der Waals surface area contributed by atoms with Gasteiger partial charge in [0, 0.05) is 5.69 Å². The number of rotatable bonds is 7. The quantitative estimate of drug-likeness (QED) is 0.691. The Balaban J connectivity index is 1.51. The molecule has 1 amide bonds. The lowest BCUT2D eigenvalue weighted by Crippen LogP contribution is -2.51. The molecule has 3 nitrogen and oxygen atoms in total. The molecule has 0 aliphatic heterocycles. The smallest absolute Gasteiger partial charge is 0.230 e. The number of ether oxygens (including phenoxy) is 1. The zero-order valence-corrected chi connectivity index (χ0v) is 15.5. The maximum Gasteiger partial charge on any atom is 0.230 e. The first-order valence-electron chi connectivity index (χ1n) is 9.91. The van der Waals surface area contributed by atoms with Gasteiger partial charge in [-0.1, -0.05) is 18.7 Å². The molecule has 0 unspecified atom stereocenters. The second-order valence-electron chi connectivity index (χ2n) is 8.57. The van der Waals surface area contributed by atoms with E-state index in [2.05, 4.69) is 18.5 Å². The Morgan fingerprint density at radius 2 is 1.77 bits per heavy atom. The summed E-state index contributed by atoms with van der Waals surface area (Å²) in [6.07, 6.45) is 11.6. The first-order chi connectivity index (χ1) is 12.6. The number of carbonyl (C=O) groups is 1. The summed E-state index contributed by atoms with van der Waals surface area (Å²) < 4.78 is 5.72. The predicted octanol–water partition coefficient (Wildman–Crippen LogP) is 5.13. The summed E-state index contributed by atoms with van der Waals surface area (Å²) in [7, 11) is 0. The fraction of sp³-hybridized carbons (Fsp3) is 0.522. The van der Waals surface area contributed by atoms with Gasteiger partial charge < -0.3 is 10.1 Å². The molecule has 1 aromatic rings. The lowest BCUT2D eigenvalue weighted by Gasteiger charge is -2.55. The van der Waals surface area contributed by atoms with E-state index in [0.717, 1.165) is 54.0 Å². The molecule has 0 aromatic heterocycles. The van der Waals surface area contributed by atoms with Gasteiger partial charge in [0.1, 0.15) is 12.4 Å². The second-order valence-corrected chi connectivity index (χ2v) is 8.57. The highest BCUT2D eigenvalue weighted by Crippen LogP contribution is 2.60. The van der Waals surface area contributed by atoms with E-state index in [1.165, 1.54) is 19.3 Å². The molecular formula is C23H29NO2. The number of nitrogens with one attached hydrogen (secondary N) is 1. The third-order valence-corrected chi connectivity index (χ3v) is 6.56. The van der Waals surface area contributed by atoms with E-state index in [-0.39, 0.29) is 11.3 Å². The SMILES string of the molecule is C=CCOc1ccc(NC(=O)C23CC4CC(CC(C4)C2)C3)cc1CC=C. The van der Waals surface area contributed by atoms with Crippen molar-refractivity contribution in [1.82, 2.24) is 0 Å². The Kier molecular flexibility index (Phi) is 4.64. The largest absolute Gasteiger partial charge is 0.489 e. The molecule has 4 aliphatic rings. The van der Waals surface area contributed by atoms with Gasteiger partial charge in [-0.2, -0.15) is 0 Å². The third-order valence-electron chi connectivity index (χ3n) is 6.56. The van der Waals surface area contributed by atoms with E-state index in [1.54, 1.807) is 6.08 Å². The van der Waals surface area contributed by atoms with Crippen LogP contribution < -0.4 is 10.1 Å². The molecule has 1 N–H and O–H groups in total. The number of carbonyl (C=O) groups excluding carboxylic acids is 1. The zero-order valence-electron chi connectivity index (χ0n) is 15.5. The van der Waals surface area contributed by atoms with Crippen LogP contribution in [0.2, 0.25) is 0 Å². The fourth-order valence-electron chi connectivity index (χ4n) is 5.91. The Labute approximate surface area is 156 Å². The van der Waals surface area contributed by atoms with Gasteiger partial charge >= 0.3 is 0 Å². The highest BCUT2D eigenvalue weighted by atomic mass is 16.5. The van der Waals surface area contributed by atoms with Crippen molar-refractivity contribution < 1.29 is 9.53 Å². The van der Waals surface area contributed by atoms with E-state index >= 15 is 0 Å². The lowest BCUT2D eigenvalue weighted by molar-refractivity contribution is -0.140. The minimum absolute atomic E-state index is 0.120. The van der Waals surface area contributed by atoms with Gasteiger partial charge in [0.25, 0.3) is 0 Å². The van der Waals surface area contributed by atoms with Crippen molar-refractivity contribution in [3.8, 4) is 5.75 Å². The fourth-order valence-corrected chi connectivity index (χ4v) is 5.91. The van der Waals surface area contributed by atoms with Crippen LogP contribution in [0, 0.1) is 23.2 Å². The molecule has 4 aliphatic carbocycles. The minimum Gasteiger partial charge on any atom is -0.489 e. The molecule has 4 saturated carbocycles. The van der Waals surface area contributed by atoms with Crippen molar-refractivity contribution in [1.29, 1.82) is 0 Å². The van der Waals surface area contributed by atoms with Crippen LogP contribution in [0.15, 0.2) is 43.5 Å². The number of hydrogen-bond donors (Lipinski definition) is 1. The second kappa shape index (κ2) is 6.94. The highest BCUT2D eigenvalue weighted by molar-refractivity contribution is 5.95. The van der Waals surface area contributed by atoms with Crippen LogP contribution >= 0.6 is 0 Å². The summed E-state index contributed by atoms with van der Waals surface area (Å²) in [6.45, 7) is 8.00. The molecule has 0 saturated heterocycles. The Bertz CT molecular complexity index is 686. The van der Waals surface area contributed by atoms with Crippen LogP contribution in [-0.2, 0) is 11.2 Å². The zero-order chi connectivity index (χ0) is 18.1. The Hall–Kier alpha value is -2.03. The molecule has 0 radical (unpaired) electrons. The Morgan fingerprint density at radius 3 is 2.35 bits per heavy atom. The van der Waals surface area contributed by atoms with Crippen LogP contribution in [0.25, 0.3) is 0 Å². The van der Waals surface area contributed by atoms with Crippen molar-refractivity contribution in [2.45, 2.75) is 44.9 Å². The normalized spacial score (nSPS) is 31.5. The van der Waals surface area contributed by atoms with Crippen LogP contribution in [0.5, 0.6) is 5.75 Å². The number of hydrogen-bond acceptors (Lipinski definition) is 2. The van der Waals surface area contributed by atoms with Gasteiger partial charge in [-0.3, -0.25) is 4.79 Å². The molecular weight excluding hydrogens is 322 g/mol. The average molecular weight is 351 g/mol. The van der Waals surface area contributed by atoms with Crippen LogP contribution in [0.3, 0.4) is 0 Å². The third kappa shape index (κ3) is 3.20. The highest BCUT2D eigenvalue weighted by Gasteiger charge is 2.54. The summed E-state index contributed by atoms with van der Waals surface area (Å²) >= 11 is 0. The van der Waals surface area contributed by atoms with E-state index in [1.807, 2.05) is 24.3 Å².